The van der Waals surface area contributed by atoms with Crippen LogP contribution in [-0.2, 0) is 0 Å². The van der Waals surface area contributed by atoms with Gasteiger partial charge in [-0.1, -0.05) is 30.1 Å². The van der Waals surface area contributed by atoms with Crippen LogP contribution in [0.3, 0.4) is 0 Å². The van der Waals surface area contributed by atoms with Crippen molar-refractivity contribution in [2.24, 2.45) is 5.92 Å². The van der Waals surface area contributed by atoms with Crippen LogP contribution in [0.5, 0.6) is 5.75 Å². The monoisotopic (exact) mass is 471 g/mol. The molecule has 3 aromatic rings. The molecule has 0 saturated carbocycles. The number of pyridine rings is 2. The summed E-state index contributed by atoms with van der Waals surface area (Å²) < 4.78 is 5.96. The first kappa shape index (κ1) is 22.4. The fourth-order valence-corrected chi connectivity index (χ4v) is 4.31. The first-order chi connectivity index (χ1) is 15.4. The molecule has 1 amide bonds. The number of aryl methyl sites for hydroxylation is 1. The molecule has 3 aromatic heterocycles. The lowest BCUT2D eigenvalue weighted by Crippen LogP contribution is -2.49. The summed E-state index contributed by atoms with van der Waals surface area (Å²) >= 11 is 12.0. The van der Waals surface area contributed by atoms with Gasteiger partial charge in [-0.15, -0.1) is 0 Å². The molecule has 0 bridgehead atoms. The van der Waals surface area contributed by atoms with Gasteiger partial charge in [-0.25, -0.2) is 19.9 Å². The summed E-state index contributed by atoms with van der Waals surface area (Å²) in [5.41, 5.74) is 1.73. The number of aromatic nitrogens is 4. The summed E-state index contributed by atoms with van der Waals surface area (Å²) in [5.74, 6) is 1.32. The van der Waals surface area contributed by atoms with Gasteiger partial charge in [-0.3, -0.25) is 4.79 Å². The molecular formula is C23H23Cl2N5O2. The summed E-state index contributed by atoms with van der Waals surface area (Å²) in [7, 11) is 0. The number of rotatable bonds is 5. The number of likely N-dealkylation sites (tertiary alicyclic amines) is 1. The third-order valence-electron chi connectivity index (χ3n) is 5.46. The molecule has 0 radical (unpaired) electrons. The summed E-state index contributed by atoms with van der Waals surface area (Å²) in [6.45, 7) is 4.98. The van der Waals surface area contributed by atoms with Crippen LogP contribution in [0.25, 0.3) is 11.4 Å². The Morgan fingerprint density at radius 1 is 1.16 bits per heavy atom. The van der Waals surface area contributed by atoms with E-state index in [9.17, 15) is 4.79 Å². The molecule has 0 N–H and O–H groups in total. The molecule has 9 heteroatoms. The second-order valence-electron chi connectivity index (χ2n) is 7.96. The van der Waals surface area contributed by atoms with Gasteiger partial charge in [0, 0.05) is 36.8 Å². The lowest BCUT2D eigenvalue weighted by atomic mass is 9.92. The van der Waals surface area contributed by atoms with Crippen molar-refractivity contribution < 1.29 is 9.53 Å². The van der Waals surface area contributed by atoms with E-state index in [1.54, 1.807) is 30.6 Å². The van der Waals surface area contributed by atoms with Crippen LogP contribution in [-0.4, -0.2) is 49.9 Å². The van der Waals surface area contributed by atoms with E-state index in [2.05, 4.69) is 26.9 Å². The second-order valence-corrected chi connectivity index (χ2v) is 8.74. The van der Waals surface area contributed by atoms with Gasteiger partial charge >= 0.3 is 0 Å². The highest BCUT2D eigenvalue weighted by Gasteiger charge is 2.33. The molecule has 1 aliphatic heterocycles. The highest BCUT2D eigenvalue weighted by atomic mass is 35.5. The van der Waals surface area contributed by atoms with Crippen molar-refractivity contribution in [2.45, 2.75) is 32.7 Å². The van der Waals surface area contributed by atoms with Gasteiger partial charge in [-0.05, 0) is 43.9 Å². The van der Waals surface area contributed by atoms with E-state index in [0.29, 0.717) is 41.9 Å². The van der Waals surface area contributed by atoms with Crippen LogP contribution < -0.4 is 4.74 Å². The summed E-state index contributed by atoms with van der Waals surface area (Å²) in [6.07, 6.45) is 5.04. The summed E-state index contributed by atoms with van der Waals surface area (Å²) in [4.78, 5) is 32.7. The zero-order chi connectivity index (χ0) is 22.7. The molecule has 2 atom stereocenters. The van der Waals surface area contributed by atoms with Gasteiger partial charge < -0.3 is 9.64 Å². The van der Waals surface area contributed by atoms with E-state index >= 15 is 0 Å². The fourth-order valence-electron chi connectivity index (χ4n) is 3.87. The summed E-state index contributed by atoms with van der Waals surface area (Å²) in [6, 6.07) is 8.55. The molecule has 1 aliphatic rings. The Morgan fingerprint density at radius 2 is 1.88 bits per heavy atom. The van der Waals surface area contributed by atoms with Crippen LogP contribution >= 0.6 is 23.2 Å². The number of carbonyl (C=O) groups excluding carboxylic acids is 1. The fraction of sp³-hybridized carbons (Fsp3) is 0.348. The average molecular weight is 472 g/mol. The molecule has 7 nitrogen and oxygen atoms in total. The number of carbonyl (C=O) groups is 1. The SMILES string of the molecule is Cc1ccc(-c2ncccn2)c(C(=O)N2CC[C@@H](C)C[C@H]2COc2cc(Cl)nc(Cl)c2)n1. The standard InChI is InChI=1S/C23H23Cl2N5O2/c1-14-6-9-30(16(10-14)13-32-17-11-19(24)29-20(25)12-17)23(31)21-18(5-4-15(2)28-21)22-26-7-3-8-27-22/h3-5,7-8,11-12,14,16H,6,9-10,13H2,1-2H3/t14-,16+/m1/s1. The summed E-state index contributed by atoms with van der Waals surface area (Å²) in [5, 5.41) is 0.516. The topological polar surface area (TPSA) is 81.1 Å². The zero-order valence-corrected chi connectivity index (χ0v) is 19.3. The molecule has 0 spiro atoms. The van der Waals surface area contributed by atoms with E-state index in [-0.39, 0.29) is 22.3 Å². The van der Waals surface area contributed by atoms with E-state index in [1.807, 2.05) is 24.0 Å². The van der Waals surface area contributed by atoms with Crippen LogP contribution in [0.4, 0.5) is 0 Å². The van der Waals surface area contributed by atoms with Gasteiger partial charge in [0.05, 0.1) is 11.6 Å². The largest absolute Gasteiger partial charge is 0.491 e. The number of halogens is 2. The van der Waals surface area contributed by atoms with Crippen molar-refractivity contribution in [3.05, 3.63) is 64.4 Å². The Kier molecular flexibility index (Phi) is 6.86. The minimum absolute atomic E-state index is 0.121. The van der Waals surface area contributed by atoms with Crippen molar-refractivity contribution in [1.82, 2.24) is 24.8 Å². The zero-order valence-electron chi connectivity index (χ0n) is 17.8. The predicted molar refractivity (Wildman–Crippen MR) is 123 cm³/mol. The van der Waals surface area contributed by atoms with Gasteiger partial charge in [-0.2, -0.15) is 0 Å². The number of ether oxygens (including phenoxy) is 1. The van der Waals surface area contributed by atoms with Crippen molar-refractivity contribution in [3.8, 4) is 17.1 Å². The molecule has 0 unspecified atom stereocenters. The number of hydrogen-bond acceptors (Lipinski definition) is 6. The molecular weight excluding hydrogens is 449 g/mol. The first-order valence-electron chi connectivity index (χ1n) is 10.4. The van der Waals surface area contributed by atoms with Crippen LogP contribution in [0.2, 0.25) is 10.3 Å². The van der Waals surface area contributed by atoms with Gasteiger partial charge in [0.15, 0.2) is 5.82 Å². The molecule has 1 fully saturated rings. The third kappa shape index (κ3) is 5.16. The van der Waals surface area contributed by atoms with E-state index in [1.165, 1.54) is 0 Å². The lowest BCUT2D eigenvalue weighted by Gasteiger charge is -2.38. The Morgan fingerprint density at radius 3 is 2.59 bits per heavy atom. The quantitative estimate of drug-likeness (QED) is 0.493. The molecule has 166 valence electrons. The predicted octanol–water partition coefficient (Wildman–Crippen LogP) is 4.87. The maximum Gasteiger partial charge on any atom is 0.273 e. The van der Waals surface area contributed by atoms with Crippen LogP contribution in [0.1, 0.15) is 35.9 Å². The second kappa shape index (κ2) is 9.79. The molecule has 0 aromatic carbocycles. The van der Waals surface area contributed by atoms with Crippen molar-refractivity contribution in [2.75, 3.05) is 13.2 Å². The maximum absolute atomic E-state index is 13.7. The average Bonchev–Trinajstić information content (AvgIpc) is 2.77. The van der Waals surface area contributed by atoms with Gasteiger partial charge in [0.2, 0.25) is 0 Å². The third-order valence-corrected chi connectivity index (χ3v) is 5.85. The highest BCUT2D eigenvalue weighted by Crippen LogP contribution is 2.28. The molecule has 32 heavy (non-hydrogen) atoms. The normalized spacial score (nSPS) is 18.4. The number of piperidine rings is 1. The van der Waals surface area contributed by atoms with E-state index < -0.39 is 0 Å². The van der Waals surface area contributed by atoms with Gasteiger partial charge in [0.1, 0.15) is 28.4 Å². The molecule has 4 heterocycles. The van der Waals surface area contributed by atoms with E-state index in [0.717, 1.165) is 18.5 Å². The van der Waals surface area contributed by atoms with Crippen LogP contribution in [0.15, 0.2) is 42.7 Å². The number of nitrogens with zero attached hydrogens (tertiary/aromatic N) is 5. The van der Waals surface area contributed by atoms with Crippen LogP contribution in [0, 0.1) is 12.8 Å². The first-order valence-corrected chi connectivity index (χ1v) is 11.2. The maximum atomic E-state index is 13.7. The number of hydrogen-bond donors (Lipinski definition) is 0. The Bertz CT molecular complexity index is 1090. The molecule has 1 saturated heterocycles. The molecule has 4 rings (SSSR count). The Labute approximate surface area is 196 Å². The lowest BCUT2D eigenvalue weighted by molar-refractivity contribution is 0.0455. The van der Waals surface area contributed by atoms with Crippen molar-refractivity contribution in [1.29, 1.82) is 0 Å². The van der Waals surface area contributed by atoms with Crippen molar-refractivity contribution in [3.63, 3.8) is 0 Å². The minimum atomic E-state index is -0.151. The smallest absolute Gasteiger partial charge is 0.273 e. The Balaban J connectivity index is 1.61. The van der Waals surface area contributed by atoms with Crippen molar-refractivity contribution >= 4 is 29.1 Å². The Hall–Kier alpha value is -2.77. The van der Waals surface area contributed by atoms with Gasteiger partial charge in [0.25, 0.3) is 5.91 Å². The minimum Gasteiger partial charge on any atom is -0.491 e. The molecule has 0 aliphatic carbocycles. The van der Waals surface area contributed by atoms with E-state index in [4.69, 9.17) is 27.9 Å². The number of amides is 1. The highest BCUT2D eigenvalue weighted by molar-refractivity contribution is 6.32.